The number of rotatable bonds is 3. The highest BCUT2D eigenvalue weighted by Crippen LogP contribution is 2.35. The van der Waals surface area contributed by atoms with Gasteiger partial charge in [-0.25, -0.2) is 9.18 Å². The van der Waals surface area contributed by atoms with Crippen LogP contribution in [-0.4, -0.2) is 18.2 Å². The summed E-state index contributed by atoms with van der Waals surface area (Å²) in [7, 11) is 1.42. The third-order valence-corrected chi connectivity index (χ3v) is 3.22. The van der Waals surface area contributed by atoms with E-state index in [1.54, 1.807) is 11.4 Å². The van der Waals surface area contributed by atoms with Crippen LogP contribution in [0.1, 0.15) is 9.67 Å². The topological polar surface area (TPSA) is 46.5 Å². The number of methoxy groups -OCH3 is 1. The van der Waals surface area contributed by atoms with E-state index in [0.29, 0.717) is 16.9 Å². The highest BCUT2D eigenvalue weighted by molar-refractivity contribution is 7.12. The summed E-state index contributed by atoms with van der Waals surface area (Å²) in [5, 5.41) is 10.7. The number of benzene rings is 1. The quantitative estimate of drug-likeness (QED) is 0.912. The minimum absolute atomic E-state index is 0.218. The molecule has 1 N–H and O–H groups in total. The fraction of sp³-hybridized carbons (Fsp3) is 0.0833. The SMILES string of the molecule is COc1cc(F)ccc1-c1ccsc1C(=O)O. The van der Waals surface area contributed by atoms with Gasteiger partial charge in [0.15, 0.2) is 0 Å². The Hall–Kier alpha value is -1.88. The molecule has 2 rings (SSSR count). The lowest BCUT2D eigenvalue weighted by Crippen LogP contribution is -1.96. The lowest BCUT2D eigenvalue weighted by Gasteiger charge is -2.08. The predicted molar refractivity (Wildman–Crippen MR) is 63.2 cm³/mol. The van der Waals surface area contributed by atoms with E-state index >= 15 is 0 Å². The summed E-state index contributed by atoms with van der Waals surface area (Å²) in [5.74, 6) is -1.09. The zero-order chi connectivity index (χ0) is 12.4. The molecule has 3 nitrogen and oxygen atoms in total. The first kappa shape index (κ1) is 11.6. The molecule has 2 aromatic rings. The van der Waals surface area contributed by atoms with Gasteiger partial charge in [-0.2, -0.15) is 0 Å². The van der Waals surface area contributed by atoms with Crippen molar-refractivity contribution in [1.29, 1.82) is 0 Å². The van der Waals surface area contributed by atoms with Gasteiger partial charge in [-0.3, -0.25) is 0 Å². The van der Waals surface area contributed by atoms with Gasteiger partial charge in [-0.15, -0.1) is 11.3 Å². The van der Waals surface area contributed by atoms with E-state index in [1.807, 2.05) is 0 Å². The largest absolute Gasteiger partial charge is 0.496 e. The number of hydrogen-bond acceptors (Lipinski definition) is 3. The van der Waals surface area contributed by atoms with E-state index in [4.69, 9.17) is 9.84 Å². The Bertz CT molecular complexity index is 563. The number of hydrogen-bond donors (Lipinski definition) is 1. The Labute approximate surface area is 101 Å². The molecule has 0 bridgehead atoms. The molecule has 0 amide bonds. The second-order valence-corrected chi connectivity index (χ2v) is 4.23. The van der Waals surface area contributed by atoms with Crippen LogP contribution in [0.5, 0.6) is 5.75 Å². The summed E-state index contributed by atoms with van der Waals surface area (Å²) >= 11 is 1.13. The molecule has 0 aliphatic carbocycles. The van der Waals surface area contributed by atoms with Crippen LogP contribution in [0.4, 0.5) is 4.39 Å². The van der Waals surface area contributed by atoms with Gasteiger partial charge in [0.25, 0.3) is 0 Å². The molecule has 5 heteroatoms. The summed E-state index contributed by atoms with van der Waals surface area (Å²) in [5.41, 5.74) is 1.12. The van der Waals surface area contributed by atoms with Crippen molar-refractivity contribution in [3.05, 3.63) is 40.3 Å². The van der Waals surface area contributed by atoms with Gasteiger partial charge in [0.1, 0.15) is 16.4 Å². The molecular formula is C12H9FO3S. The van der Waals surface area contributed by atoms with Gasteiger partial charge in [0.05, 0.1) is 7.11 Å². The zero-order valence-corrected chi connectivity index (χ0v) is 9.75. The third kappa shape index (κ3) is 2.14. The summed E-state index contributed by atoms with van der Waals surface area (Å²) in [6.45, 7) is 0. The van der Waals surface area contributed by atoms with Gasteiger partial charge >= 0.3 is 5.97 Å². The number of carboxylic acid groups (broad SMARTS) is 1. The Morgan fingerprint density at radius 2 is 2.12 bits per heavy atom. The highest BCUT2D eigenvalue weighted by atomic mass is 32.1. The second kappa shape index (κ2) is 4.55. The molecule has 0 radical (unpaired) electrons. The Morgan fingerprint density at radius 3 is 2.76 bits per heavy atom. The first-order valence-corrected chi connectivity index (χ1v) is 5.66. The van der Waals surface area contributed by atoms with Crippen molar-refractivity contribution >= 4 is 17.3 Å². The van der Waals surface area contributed by atoms with Crippen molar-refractivity contribution in [3.63, 3.8) is 0 Å². The van der Waals surface area contributed by atoms with E-state index in [1.165, 1.54) is 25.3 Å². The fourth-order valence-electron chi connectivity index (χ4n) is 1.57. The summed E-state index contributed by atoms with van der Waals surface area (Å²) in [4.78, 5) is 11.2. The van der Waals surface area contributed by atoms with E-state index < -0.39 is 11.8 Å². The van der Waals surface area contributed by atoms with Crippen molar-refractivity contribution in [2.75, 3.05) is 7.11 Å². The lowest BCUT2D eigenvalue weighted by atomic mass is 10.1. The molecule has 1 aromatic heterocycles. The predicted octanol–water partition coefficient (Wildman–Crippen LogP) is 3.26. The first-order chi connectivity index (χ1) is 8.13. The molecule has 0 aliphatic rings. The zero-order valence-electron chi connectivity index (χ0n) is 8.94. The van der Waals surface area contributed by atoms with Crippen molar-refractivity contribution in [2.24, 2.45) is 0 Å². The van der Waals surface area contributed by atoms with Gasteiger partial charge < -0.3 is 9.84 Å². The molecule has 0 fully saturated rings. The molecule has 0 saturated carbocycles. The maximum atomic E-state index is 13.0. The number of ether oxygens (including phenoxy) is 1. The fourth-order valence-corrected chi connectivity index (χ4v) is 2.32. The van der Waals surface area contributed by atoms with Gasteiger partial charge in [0.2, 0.25) is 0 Å². The molecule has 0 atom stereocenters. The van der Waals surface area contributed by atoms with Crippen LogP contribution >= 0.6 is 11.3 Å². The van der Waals surface area contributed by atoms with Crippen molar-refractivity contribution in [1.82, 2.24) is 0 Å². The van der Waals surface area contributed by atoms with E-state index in [2.05, 4.69) is 0 Å². The number of halogens is 1. The van der Waals surface area contributed by atoms with E-state index in [9.17, 15) is 9.18 Å². The van der Waals surface area contributed by atoms with Gasteiger partial charge in [-0.1, -0.05) is 0 Å². The normalized spacial score (nSPS) is 10.2. The maximum Gasteiger partial charge on any atom is 0.346 e. The van der Waals surface area contributed by atoms with Gasteiger partial charge in [-0.05, 0) is 23.6 Å². The smallest absolute Gasteiger partial charge is 0.346 e. The van der Waals surface area contributed by atoms with E-state index in [0.717, 1.165) is 11.3 Å². The molecule has 1 heterocycles. The second-order valence-electron chi connectivity index (χ2n) is 3.31. The van der Waals surface area contributed by atoms with Gasteiger partial charge in [0, 0.05) is 17.2 Å². The summed E-state index contributed by atoms with van der Waals surface area (Å²) in [6, 6.07) is 5.71. The Kier molecular flexibility index (Phi) is 3.10. The van der Waals surface area contributed by atoms with Crippen LogP contribution in [0.25, 0.3) is 11.1 Å². The molecule has 0 aliphatic heterocycles. The van der Waals surface area contributed by atoms with Crippen LogP contribution < -0.4 is 4.74 Å². The maximum absolute atomic E-state index is 13.0. The lowest BCUT2D eigenvalue weighted by molar-refractivity contribution is 0.0703. The van der Waals surface area contributed by atoms with E-state index in [-0.39, 0.29) is 4.88 Å². The van der Waals surface area contributed by atoms with Crippen LogP contribution in [0.3, 0.4) is 0 Å². The Morgan fingerprint density at radius 1 is 1.35 bits per heavy atom. The van der Waals surface area contributed by atoms with Crippen molar-refractivity contribution < 1.29 is 19.0 Å². The Balaban J connectivity index is 2.60. The number of carbonyl (C=O) groups is 1. The summed E-state index contributed by atoms with van der Waals surface area (Å²) < 4.78 is 18.1. The first-order valence-electron chi connectivity index (χ1n) is 4.78. The van der Waals surface area contributed by atoms with Crippen molar-refractivity contribution in [2.45, 2.75) is 0 Å². The number of thiophene rings is 1. The molecule has 0 saturated heterocycles. The molecule has 88 valence electrons. The van der Waals surface area contributed by atoms with Crippen LogP contribution in [0.15, 0.2) is 29.6 Å². The van der Waals surface area contributed by atoms with Crippen molar-refractivity contribution in [3.8, 4) is 16.9 Å². The third-order valence-electron chi connectivity index (χ3n) is 2.31. The minimum atomic E-state index is -0.999. The minimum Gasteiger partial charge on any atom is -0.496 e. The number of carboxylic acids is 1. The van der Waals surface area contributed by atoms with Crippen LogP contribution in [0.2, 0.25) is 0 Å². The molecule has 0 spiro atoms. The summed E-state index contributed by atoms with van der Waals surface area (Å²) in [6.07, 6.45) is 0. The molecule has 0 unspecified atom stereocenters. The average molecular weight is 252 g/mol. The standard InChI is InChI=1S/C12H9FO3S/c1-16-10-6-7(13)2-3-8(10)9-4-5-17-11(9)12(14)15/h2-6H,1H3,(H,14,15). The molecule has 1 aromatic carbocycles. The number of aromatic carboxylic acids is 1. The van der Waals surface area contributed by atoms with Crippen LogP contribution in [0, 0.1) is 5.82 Å². The molecular weight excluding hydrogens is 243 g/mol. The molecule has 17 heavy (non-hydrogen) atoms. The highest BCUT2D eigenvalue weighted by Gasteiger charge is 2.16. The van der Waals surface area contributed by atoms with Crippen LogP contribution in [-0.2, 0) is 0 Å². The average Bonchev–Trinajstić information content (AvgIpc) is 2.77. The monoisotopic (exact) mass is 252 g/mol.